The topological polar surface area (TPSA) is 49.4 Å². The molecule has 0 bridgehead atoms. The van der Waals surface area contributed by atoms with Gasteiger partial charge in [-0.15, -0.1) is 0 Å². The van der Waals surface area contributed by atoms with Crippen molar-refractivity contribution in [3.05, 3.63) is 29.0 Å². The molecule has 1 aliphatic heterocycles. The van der Waals surface area contributed by atoms with Crippen LogP contribution >= 0.6 is 11.6 Å². The van der Waals surface area contributed by atoms with Gasteiger partial charge in [0, 0.05) is 13.0 Å². The Hall–Kier alpha value is -1.62. The lowest BCUT2D eigenvalue weighted by Gasteiger charge is -2.26. The van der Waals surface area contributed by atoms with Crippen molar-refractivity contribution < 1.29 is 14.0 Å². The van der Waals surface area contributed by atoms with Gasteiger partial charge in [-0.25, -0.2) is 9.18 Å². The molecule has 0 unspecified atom stereocenters. The largest absolute Gasteiger partial charge is 0.328 e. The third-order valence-electron chi connectivity index (χ3n) is 2.28. The number of imide groups is 1. The van der Waals surface area contributed by atoms with Crippen molar-refractivity contribution in [2.45, 2.75) is 6.42 Å². The summed E-state index contributed by atoms with van der Waals surface area (Å²) in [6.07, 6.45) is 0.150. The smallest absolute Gasteiger partial charge is 0.291 e. The number of hydrogen-bond donors (Lipinski definition) is 1. The number of carbonyl (C=O) groups is 2. The highest BCUT2D eigenvalue weighted by molar-refractivity contribution is 6.31. The predicted molar refractivity (Wildman–Crippen MR) is 56.9 cm³/mol. The van der Waals surface area contributed by atoms with Gasteiger partial charge >= 0.3 is 6.03 Å². The van der Waals surface area contributed by atoms with Crippen LogP contribution in [0.15, 0.2) is 18.2 Å². The molecule has 6 heteroatoms. The second kappa shape index (κ2) is 4.09. The monoisotopic (exact) mass is 242 g/mol. The molecule has 1 aromatic carbocycles. The van der Waals surface area contributed by atoms with Crippen LogP contribution in [0.4, 0.5) is 14.9 Å². The Morgan fingerprint density at radius 1 is 1.38 bits per heavy atom. The maximum absolute atomic E-state index is 13.6. The maximum Gasteiger partial charge on any atom is 0.328 e. The third-order valence-corrected chi connectivity index (χ3v) is 2.57. The molecular formula is C10H8ClFN2O2. The highest BCUT2D eigenvalue weighted by Gasteiger charge is 2.26. The summed E-state index contributed by atoms with van der Waals surface area (Å²) in [5.74, 6) is -1.02. The van der Waals surface area contributed by atoms with Crippen LogP contribution in [0.2, 0.25) is 5.02 Å². The molecule has 4 nitrogen and oxygen atoms in total. The lowest BCUT2D eigenvalue weighted by molar-refractivity contribution is -0.120. The summed E-state index contributed by atoms with van der Waals surface area (Å²) in [4.78, 5) is 23.5. The summed E-state index contributed by atoms with van der Waals surface area (Å²) in [5, 5.41) is 2.06. The van der Waals surface area contributed by atoms with Crippen LogP contribution in [0.3, 0.4) is 0 Å². The second-order valence-corrected chi connectivity index (χ2v) is 3.74. The summed E-state index contributed by atoms with van der Waals surface area (Å²) in [7, 11) is 0. The number of carbonyl (C=O) groups excluding carboxylic acids is 2. The second-order valence-electron chi connectivity index (χ2n) is 3.33. The quantitative estimate of drug-likeness (QED) is 0.818. The van der Waals surface area contributed by atoms with Crippen LogP contribution in [0.5, 0.6) is 0 Å². The number of nitrogens with one attached hydrogen (secondary N) is 1. The Morgan fingerprint density at radius 3 is 2.81 bits per heavy atom. The highest BCUT2D eigenvalue weighted by atomic mass is 35.5. The van der Waals surface area contributed by atoms with Gasteiger partial charge in [0.25, 0.3) is 0 Å². The van der Waals surface area contributed by atoms with Crippen LogP contribution in [0.25, 0.3) is 0 Å². The zero-order valence-corrected chi connectivity index (χ0v) is 8.92. The van der Waals surface area contributed by atoms with Gasteiger partial charge in [-0.3, -0.25) is 15.0 Å². The molecule has 0 atom stereocenters. The molecule has 1 fully saturated rings. The van der Waals surface area contributed by atoms with Gasteiger partial charge in [0.1, 0.15) is 0 Å². The van der Waals surface area contributed by atoms with E-state index in [1.165, 1.54) is 12.1 Å². The first-order valence-corrected chi connectivity index (χ1v) is 5.03. The molecule has 0 saturated carbocycles. The van der Waals surface area contributed by atoms with Gasteiger partial charge in [0.2, 0.25) is 5.91 Å². The van der Waals surface area contributed by atoms with Crippen molar-refractivity contribution in [1.29, 1.82) is 0 Å². The Balaban J connectivity index is 2.34. The molecule has 0 radical (unpaired) electrons. The minimum Gasteiger partial charge on any atom is -0.291 e. The molecule has 1 aromatic rings. The maximum atomic E-state index is 13.6. The van der Waals surface area contributed by atoms with Gasteiger partial charge in [-0.05, 0) is 12.1 Å². The molecule has 0 aliphatic carbocycles. The van der Waals surface area contributed by atoms with E-state index >= 15 is 0 Å². The fourth-order valence-electron chi connectivity index (χ4n) is 1.49. The van der Waals surface area contributed by atoms with Crippen LogP contribution in [-0.2, 0) is 4.79 Å². The molecule has 1 saturated heterocycles. The molecule has 1 aliphatic rings. The molecule has 1 N–H and O–H groups in total. The molecule has 0 spiro atoms. The Labute approximate surface area is 96.0 Å². The third kappa shape index (κ3) is 1.86. The van der Waals surface area contributed by atoms with Gasteiger partial charge in [0.05, 0.1) is 10.7 Å². The lowest BCUT2D eigenvalue weighted by Crippen LogP contribution is -2.49. The zero-order chi connectivity index (χ0) is 11.7. The SMILES string of the molecule is O=C1CCN(c2cccc(Cl)c2F)C(=O)N1. The van der Waals surface area contributed by atoms with E-state index in [4.69, 9.17) is 11.6 Å². The number of amides is 3. The van der Waals surface area contributed by atoms with E-state index in [9.17, 15) is 14.0 Å². The summed E-state index contributed by atoms with van der Waals surface area (Å²) >= 11 is 5.61. The van der Waals surface area contributed by atoms with Gasteiger partial charge < -0.3 is 0 Å². The summed E-state index contributed by atoms with van der Waals surface area (Å²) in [5.41, 5.74) is 0.0810. The van der Waals surface area contributed by atoms with Crippen molar-refractivity contribution in [3.8, 4) is 0 Å². The number of rotatable bonds is 1. The fourth-order valence-corrected chi connectivity index (χ4v) is 1.66. The molecular weight excluding hydrogens is 235 g/mol. The van der Waals surface area contributed by atoms with E-state index in [1.807, 2.05) is 0 Å². The summed E-state index contributed by atoms with van der Waals surface area (Å²) < 4.78 is 13.6. The molecule has 1 heterocycles. The zero-order valence-electron chi connectivity index (χ0n) is 8.17. The average molecular weight is 243 g/mol. The van der Waals surface area contributed by atoms with Crippen LogP contribution < -0.4 is 10.2 Å². The van der Waals surface area contributed by atoms with Crippen LogP contribution in [0.1, 0.15) is 6.42 Å². The number of benzene rings is 1. The first-order valence-electron chi connectivity index (χ1n) is 4.65. The normalized spacial score (nSPS) is 16.2. The lowest BCUT2D eigenvalue weighted by atomic mass is 10.2. The fraction of sp³-hybridized carbons (Fsp3) is 0.200. The molecule has 84 valence electrons. The first-order chi connectivity index (χ1) is 7.59. The number of hydrogen-bond acceptors (Lipinski definition) is 2. The van der Waals surface area contributed by atoms with Crippen molar-refractivity contribution in [1.82, 2.24) is 5.32 Å². The Morgan fingerprint density at radius 2 is 2.12 bits per heavy atom. The standard InChI is InChI=1S/C10H8ClFN2O2/c11-6-2-1-3-7(9(6)12)14-5-4-8(15)13-10(14)16/h1-3H,4-5H2,(H,13,15,16). The average Bonchev–Trinajstić information content (AvgIpc) is 2.23. The van der Waals surface area contributed by atoms with E-state index in [2.05, 4.69) is 5.32 Å². The van der Waals surface area contributed by atoms with E-state index in [0.29, 0.717) is 0 Å². The first kappa shape index (κ1) is 10.9. The number of urea groups is 1. The minimum atomic E-state index is -0.659. The number of anilines is 1. The van der Waals surface area contributed by atoms with Gasteiger partial charge in [-0.1, -0.05) is 17.7 Å². The molecule has 16 heavy (non-hydrogen) atoms. The Kier molecular flexibility index (Phi) is 2.78. The van der Waals surface area contributed by atoms with Crippen LogP contribution in [0, 0.1) is 5.82 Å². The Bertz CT molecular complexity index is 464. The summed E-state index contributed by atoms with van der Waals surface area (Å²) in [6, 6.07) is 3.76. The minimum absolute atomic E-state index is 0.0535. The predicted octanol–water partition coefficient (Wildman–Crippen LogP) is 1.93. The van der Waals surface area contributed by atoms with Crippen molar-refractivity contribution >= 4 is 29.2 Å². The number of nitrogens with zero attached hydrogens (tertiary/aromatic N) is 1. The van der Waals surface area contributed by atoms with Crippen LogP contribution in [-0.4, -0.2) is 18.5 Å². The molecule has 0 aromatic heterocycles. The van der Waals surface area contributed by atoms with Gasteiger partial charge in [-0.2, -0.15) is 0 Å². The highest BCUT2D eigenvalue weighted by Crippen LogP contribution is 2.26. The van der Waals surface area contributed by atoms with E-state index in [0.717, 1.165) is 4.90 Å². The van der Waals surface area contributed by atoms with E-state index < -0.39 is 11.8 Å². The van der Waals surface area contributed by atoms with Gasteiger partial charge in [0.15, 0.2) is 5.82 Å². The van der Waals surface area contributed by atoms with Crippen molar-refractivity contribution in [3.63, 3.8) is 0 Å². The summed E-state index contributed by atoms with van der Waals surface area (Å²) in [6.45, 7) is 0.155. The van der Waals surface area contributed by atoms with E-state index in [1.54, 1.807) is 6.07 Å². The van der Waals surface area contributed by atoms with E-state index in [-0.39, 0.29) is 29.6 Å². The molecule has 2 rings (SSSR count). The van der Waals surface area contributed by atoms with Crippen molar-refractivity contribution in [2.75, 3.05) is 11.4 Å². The number of halogens is 2. The molecule has 3 amide bonds. The van der Waals surface area contributed by atoms with Crippen molar-refractivity contribution in [2.24, 2.45) is 0 Å².